The van der Waals surface area contributed by atoms with Gasteiger partial charge in [-0.1, -0.05) is 46.3 Å². The first-order valence-corrected chi connectivity index (χ1v) is 5.66. The summed E-state index contributed by atoms with van der Waals surface area (Å²) < 4.78 is 13.6. The SMILES string of the molecule is O[C@H](c1ccc(F)cc1)c1ccccc1Br. The van der Waals surface area contributed by atoms with Crippen LogP contribution in [0.15, 0.2) is 53.0 Å². The maximum atomic E-state index is 12.7. The van der Waals surface area contributed by atoms with E-state index in [4.69, 9.17) is 0 Å². The lowest BCUT2D eigenvalue weighted by Gasteiger charge is -2.12. The minimum Gasteiger partial charge on any atom is -0.384 e. The predicted octanol–water partition coefficient (Wildman–Crippen LogP) is 3.67. The molecule has 16 heavy (non-hydrogen) atoms. The second kappa shape index (κ2) is 4.76. The summed E-state index contributed by atoms with van der Waals surface area (Å²) in [6, 6.07) is 13.3. The van der Waals surface area contributed by atoms with Crippen LogP contribution in [0.1, 0.15) is 17.2 Å². The molecule has 0 radical (unpaired) electrons. The molecule has 1 nitrogen and oxygen atoms in total. The normalized spacial score (nSPS) is 12.4. The molecule has 0 bridgehead atoms. The van der Waals surface area contributed by atoms with Gasteiger partial charge in [-0.15, -0.1) is 0 Å². The van der Waals surface area contributed by atoms with Gasteiger partial charge in [0.2, 0.25) is 0 Å². The molecule has 0 amide bonds. The van der Waals surface area contributed by atoms with Gasteiger partial charge in [0, 0.05) is 4.47 Å². The molecular weight excluding hydrogens is 271 g/mol. The first-order chi connectivity index (χ1) is 7.68. The fourth-order valence-electron chi connectivity index (χ4n) is 1.52. The largest absolute Gasteiger partial charge is 0.384 e. The van der Waals surface area contributed by atoms with Crippen molar-refractivity contribution in [3.8, 4) is 0 Å². The average Bonchev–Trinajstić information content (AvgIpc) is 2.30. The predicted molar refractivity (Wildman–Crippen MR) is 64.6 cm³/mol. The van der Waals surface area contributed by atoms with E-state index in [0.29, 0.717) is 5.56 Å². The number of rotatable bonds is 2. The number of benzene rings is 2. The van der Waals surface area contributed by atoms with Gasteiger partial charge in [0.15, 0.2) is 0 Å². The van der Waals surface area contributed by atoms with Crippen molar-refractivity contribution >= 4 is 15.9 Å². The molecule has 1 atom stereocenters. The van der Waals surface area contributed by atoms with Crippen LogP contribution in [0.25, 0.3) is 0 Å². The summed E-state index contributed by atoms with van der Waals surface area (Å²) in [7, 11) is 0. The maximum Gasteiger partial charge on any atom is 0.123 e. The lowest BCUT2D eigenvalue weighted by atomic mass is 10.0. The Hall–Kier alpha value is -1.19. The van der Waals surface area contributed by atoms with Crippen molar-refractivity contribution in [3.63, 3.8) is 0 Å². The fourth-order valence-corrected chi connectivity index (χ4v) is 2.02. The highest BCUT2D eigenvalue weighted by molar-refractivity contribution is 9.10. The van der Waals surface area contributed by atoms with E-state index in [9.17, 15) is 9.50 Å². The molecule has 0 aromatic heterocycles. The van der Waals surface area contributed by atoms with Crippen LogP contribution >= 0.6 is 15.9 Å². The standard InChI is InChI=1S/C13H10BrFO/c14-12-4-2-1-3-11(12)13(16)9-5-7-10(15)8-6-9/h1-8,13,16H/t13-/m1/s1. The number of aliphatic hydroxyl groups is 1. The molecule has 0 heterocycles. The zero-order valence-corrected chi connectivity index (χ0v) is 9.99. The zero-order valence-electron chi connectivity index (χ0n) is 8.40. The van der Waals surface area contributed by atoms with Crippen molar-refractivity contribution in [3.05, 3.63) is 69.9 Å². The summed E-state index contributed by atoms with van der Waals surface area (Å²) in [5.74, 6) is -0.303. The molecule has 2 aromatic rings. The lowest BCUT2D eigenvalue weighted by Crippen LogP contribution is -2.00. The van der Waals surface area contributed by atoms with Crippen LogP contribution in [0.4, 0.5) is 4.39 Å². The maximum absolute atomic E-state index is 12.7. The fraction of sp³-hybridized carbons (Fsp3) is 0.0769. The molecule has 82 valence electrons. The van der Waals surface area contributed by atoms with E-state index in [-0.39, 0.29) is 5.82 Å². The highest BCUT2D eigenvalue weighted by Gasteiger charge is 2.12. The van der Waals surface area contributed by atoms with Gasteiger partial charge in [-0.25, -0.2) is 4.39 Å². The third-order valence-electron chi connectivity index (χ3n) is 2.39. The second-order valence-corrected chi connectivity index (χ2v) is 4.33. The molecule has 0 aliphatic carbocycles. The minimum atomic E-state index is -0.740. The van der Waals surface area contributed by atoms with Crippen molar-refractivity contribution in [2.45, 2.75) is 6.10 Å². The smallest absolute Gasteiger partial charge is 0.123 e. The first kappa shape index (κ1) is 11.3. The number of hydrogen-bond donors (Lipinski definition) is 1. The van der Waals surface area contributed by atoms with E-state index >= 15 is 0 Å². The van der Waals surface area contributed by atoms with Crippen LogP contribution in [0.3, 0.4) is 0 Å². The Bertz CT molecular complexity index is 482. The second-order valence-electron chi connectivity index (χ2n) is 3.48. The summed E-state index contributed by atoms with van der Waals surface area (Å²) in [6.07, 6.45) is -0.740. The molecule has 1 N–H and O–H groups in total. The van der Waals surface area contributed by atoms with Crippen LogP contribution < -0.4 is 0 Å². The Labute approximate surface area is 102 Å². The lowest BCUT2D eigenvalue weighted by molar-refractivity contribution is 0.219. The molecule has 0 saturated heterocycles. The molecule has 2 rings (SSSR count). The molecule has 3 heteroatoms. The van der Waals surface area contributed by atoms with Gasteiger partial charge >= 0.3 is 0 Å². The minimum absolute atomic E-state index is 0.303. The third-order valence-corrected chi connectivity index (χ3v) is 3.11. The van der Waals surface area contributed by atoms with Crippen LogP contribution in [-0.4, -0.2) is 5.11 Å². The summed E-state index contributed by atoms with van der Waals surface area (Å²) in [4.78, 5) is 0. The van der Waals surface area contributed by atoms with E-state index in [1.54, 1.807) is 12.1 Å². The monoisotopic (exact) mass is 280 g/mol. The zero-order chi connectivity index (χ0) is 11.5. The highest BCUT2D eigenvalue weighted by atomic mass is 79.9. The first-order valence-electron chi connectivity index (χ1n) is 4.86. The molecule has 0 spiro atoms. The van der Waals surface area contributed by atoms with Crippen LogP contribution in [0.5, 0.6) is 0 Å². The molecular formula is C13H10BrFO. The van der Waals surface area contributed by atoms with E-state index in [1.807, 2.05) is 24.3 Å². The Morgan fingerprint density at radius 2 is 1.62 bits per heavy atom. The Kier molecular flexibility index (Phi) is 3.36. The summed E-state index contributed by atoms with van der Waals surface area (Å²) in [5, 5.41) is 10.1. The highest BCUT2D eigenvalue weighted by Crippen LogP contribution is 2.28. The van der Waals surface area contributed by atoms with Gasteiger partial charge in [-0.2, -0.15) is 0 Å². The van der Waals surface area contributed by atoms with Gasteiger partial charge in [0.05, 0.1) is 0 Å². The molecule has 0 fully saturated rings. The van der Waals surface area contributed by atoms with Gasteiger partial charge in [-0.05, 0) is 29.3 Å². The summed E-state index contributed by atoms with van der Waals surface area (Å²) >= 11 is 3.37. The van der Waals surface area contributed by atoms with Crippen LogP contribution in [0.2, 0.25) is 0 Å². The van der Waals surface area contributed by atoms with Gasteiger partial charge in [0.1, 0.15) is 11.9 Å². The molecule has 0 aliphatic rings. The number of halogens is 2. The Morgan fingerprint density at radius 1 is 1.00 bits per heavy atom. The molecule has 0 unspecified atom stereocenters. The summed E-state index contributed by atoms with van der Waals surface area (Å²) in [5.41, 5.74) is 1.45. The molecule has 2 aromatic carbocycles. The molecule has 0 saturated carbocycles. The third kappa shape index (κ3) is 2.31. The quantitative estimate of drug-likeness (QED) is 0.890. The van der Waals surface area contributed by atoms with E-state index in [2.05, 4.69) is 15.9 Å². The van der Waals surface area contributed by atoms with E-state index in [1.165, 1.54) is 12.1 Å². The van der Waals surface area contributed by atoms with Crippen LogP contribution in [0, 0.1) is 5.82 Å². The van der Waals surface area contributed by atoms with Crippen molar-refractivity contribution in [2.24, 2.45) is 0 Å². The van der Waals surface area contributed by atoms with Crippen LogP contribution in [-0.2, 0) is 0 Å². The Morgan fingerprint density at radius 3 is 2.25 bits per heavy atom. The van der Waals surface area contributed by atoms with Gasteiger partial charge in [-0.3, -0.25) is 0 Å². The summed E-state index contributed by atoms with van der Waals surface area (Å²) in [6.45, 7) is 0. The molecule has 0 aliphatic heterocycles. The van der Waals surface area contributed by atoms with E-state index < -0.39 is 6.10 Å². The number of aliphatic hydroxyl groups excluding tert-OH is 1. The van der Waals surface area contributed by atoms with E-state index in [0.717, 1.165) is 10.0 Å². The van der Waals surface area contributed by atoms with Gasteiger partial charge in [0.25, 0.3) is 0 Å². The van der Waals surface area contributed by atoms with Crippen molar-refractivity contribution in [1.82, 2.24) is 0 Å². The van der Waals surface area contributed by atoms with Crippen molar-refractivity contribution in [1.29, 1.82) is 0 Å². The van der Waals surface area contributed by atoms with Crippen molar-refractivity contribution < 1.29 is 9.50 Å². The average molecular weight is 281 g/mol. The topological polar surface area (TPSA) is 20.2 Å². The van der Waals surface area contributed by atoms with Gasteiger partial charge < -0.3 is 5.11 Å². The van der Waals surface area contributed by atoms with Crippen molar-refractivity contribution in [2.75, 3.05) is 0 Å². The number of hydrogen-bond acceptors (Lipinski definition) is 1. The Balaban J connectivity index is 2.35.